The highest BCUT2D eigenvalue weighted by atomic mass is 16.6. The van der Waals surface area contributed by atoms with Gasteiger partial charge in [-0.1, -0.05) is 39.0 Å². The molecule has 0 aromatic heterocycles. The van der Waals surface area contributed by atoms with Crippen LogP contribution in [-0.2, 0) is 5.41 Å². The number of nitro benzene ring substituents is 1. The summed E-state index contributed by atoms with van der Waals surface area (Å²) in [5.41, 5.74) is 3.19. The molecule has 0 saturated heterocycles. The van der Waals surface area contributed by atoms with Crippen LogP contribution in [0.5, 0.6) is 5.75 Å². The maximum absolute atomic E-state index is 12.1. The van der Waals surface area contributed by atoms with Crippen molar-refractivity contribution >= 4 is 17.8 Å². The number of para-hydroxylation sites is 1. The number of hydrogen-bond acceptors (Lipinski definition) is 5. The smallest absolute Gasteiger partial charge is 0.282 e. The van der Waals surface area contributed by atoms with Crippen LogP contribution in [0.4, 0.5) is 5.69 Å². The zero-order valence-corrected chi connectivity index (χ0v) is 14.2. The van der Waals surface area contributed by atoms with Crippen LogP contribution < -0.4 is 5.43 Å². The van der Waals surface area contributed by atoms with Gasteiger partial charge in [0.1, 0.15) is 11.3 Å². The van der Waals surface area contributed by atoms with Crippen LogP contribution in [0.3, 0.4) is 0 Å². The molecule has 7 nitrogen and oxygen atoms in total. The lowest BCUT2D eigenvalue weighted by atomic mass is 9.86. The highest BCUT2D eigenvalue weighted by molar-refractivity contribution is 5.98. The monoisotopic (exact) mass is 341 g/mol. The van der Waals surface area contributed by atoms with Gasteiger partial charge in [0.05, 0.1) is 11.1 Å². The minimum absolute atomic E-state index is 0.0247. The SMILES string of the molecule is CC(C)(C)c1ccc(O)c(/C=N/NC(=O)c2ccccc2[N+](=O)[O-])c1. The average molecular weight is 341 g/mol. The lowest BCUT2D eigenvalue weighted by molar-refractivity contribution is -0.385. The van der Waals surface area contributed by atoms with Crippen molar-refractivity contribution in [1.29, 1.82) is 0 Å². The van der Waals surface area contributed by atoms with E-state index in [1.165, 1.54) is 30.5 Å². The van der Waals surface area contributed by atoms with Crippen molar-refractivity contribution in [2.45, 2.75) is 26.2 Å². The van der Waals surface area contributed by atoms with Gasteiger partial charge in [0.15, 0.2) is 0 Å². The average Bonchev–Trinajstić information content (AvgIpc) is 2.55. The van der Waals surface area contributed by atoms with Gasteiger partial charge in [-0.05, 0) is 29.2 Å². The third kappa shape index (κ3) is 4.41. The molecule has 0 atom stereocenters. The molecule has 0 aliphatic carbocycles. The molecular weight excluding hydrogens is 322 g/mol. The van der Waals surface area contributed by atoms with Gasteiger partial charge >= 0.3 is 0 Å². The fraction of sp³-hybridized carbons (Fsp3) is 0.222. The Bertz CT molecular complexity index is 838. The Morgan fingerprint density at radius 3 is 2.56 bits per heavy atom. The van der Waals surface area contributed by atoms with Crippen LogP contribution >= 0.6 is 0 Å². The maximum atomic E-state index is 12.1. The lowest BCUT2D eigenvalue weighted by Crippen LogP contribution is -2.19. The molecule has 7 heteroatoms. The predicted octanol–water partition coefficient (Wildman–Crippen LogP) is 3.36. The van der Waals surface area contributed by atoms with E-state index in [9.17, 15) is 20.0 Å². The van der Waals surface area contributed by atoms with E-state index in [0.29, 0.717) is 5.56 Å². The van der Waals surface area contributed by atoms with Crippen molar-refractivity contribution in [3.05, 3.63) is 69.3 Å². The number of carbonyl (C=O) groups is 1. The van der Waals surface area contributed by atoms with Crippen molar-refractivity contribution < 1.29 is 14.8 Å². The third-order valence-corrected chi connectivity index (χ3v) is 3.61. The fourth-order valence-corrected chi connectivity index (χ4v) is 2.17. The third-order valence-electron chi connectivity index (χ3n) is 3.61. The number of benzene rings is 2. The Kier molecular flexibility index (Phi) is 5.17. The molecule has 1 amide bonds. The first-order chi connectivity index (χ1) is 11.7. The standard InChI is InChI=1S/C18H19N3O4/c1-18(2,3)13-8-9-16(22)12(10-13)11-19-20-17(23)14-6-4-5-7-15(14)21(24)25/h4-11,22H,1-3H3,(H,20,23)/b19-11+. The van der Waals surface area contributed by atoms with Gasteiger partial charge in [-0.2, -0.15) is 5.10 Å². The molecular formula is C18H19N3O4. The number of aromatic hydroxyl groups is 1. The minimum atomic E-state index is -0.699. The normalized spacial score (nSPS) is 11.5. The number of amides is 1. The molecule has 2 N–H and O–H groups in total. The molecule has 0 radical (unpaired) electrons. The molecule has 2 aromatic rings. The van der Waals surface area contributed by atoms with Crippen molar-refractivity contribution in [3.63, 3.8) is 0 Å². The first-order valence-electron chi connectivity index (χ1n) is 7.60. The van der Waals surface area contributed by atoms with E-state index in [1.54, 1.807) is 12.1 Å². The molecule has 0 aliphatic rings. The first kappa shape index (κ1) is 18.1. The molecule has 0 saturated carbocycles. The van der Waals surface area contributed by atoms with E-state index >= 15 is 0 Å². The summed E-state index contributed by atoms with van der Waals surface area (Å²) in [6.07, 6.45) is 1.30. The largest absolute Gasteiger partial charge is 0.507 e. The number of nitrogens with zero attached hydrogens (tertiary/aromatic N) is 2. The summed E-state index contributed by atoms with van der Waals surface area (Å²) < 4.78 is 0. The number of phenols is 1. The zero-order chi connectivity index (χ0) is 18.6. The molecule has 25 heavy (non-hydrogen) atoms. The molecule has 0 unspecified atom stereocenters. The van der Waals surface area contributed by atoms with Gasteiger partial charge in [-0.25, -0.2) is 5.43 Å². The number of nitrogens with one attached hydrogen (secondary N) is 1. The Morgan fingerprint density at radius 1 is 1.24 bits per heavy atom. The summed E-state index contributed by atoms with van der Waals surface area (Å²) in [6.45, 7) is 6.11. The minimum Gasteiger partial charge on any atom is -0.507 e. The molecule has 0 aliphatic heterocycles. The number of phenolic OH excluding ortho intramolecular Hbond substituents is 1. The van der Waals surface area contributed by atoms with E-state index < -0.39 is 10.8 Å². The second-order valence-electron chi connectivity index (χ2n) is 6.50. The van der Waals surface area contributed by atoms with Crippen LogP contribution in [0.25, 0.3) is 0 Å². The molecule has 2 rings (SSSR count). The number of nitro groups is 1. The molecule has 130 valence electrons. The van der Waals surface area contributed by atoms with E-state index in [0.717, 1.165) is 5.56 Å². The highest BCUT2D eigenvalue weighted by Gasteiger charge is 2.19. The van der Waals surface area contributed by atoms with Gasteiger partial charge in [0, 0.05) is 11.6 Å². The quantitative estimate of drug-likeness (QED) is 0.505. The summed E-state index contributed by atoms with van der Waals surface area (Å²) in [7, 11) is 0. The van der Waals surface area contributed by atoms with Gasteiger partial charge in [0.2, 0.25) is 0 Å². The second kappa shape index (κ2) is 7.12. The number of hydrazone groups is 1. The maximum Gasteiger partial charge on any atom is 0.282 e. The van der Waals surface area contributed by atoms with Crippen molar-refractivity contribution in [3.8, 4) is 5.75 Å². The van der Waals surface area contributed by atoms with Crippen molar-refractivity contribution in [1.82, 2.24) is 5.43 Å². The molecule has 0 spiro atoms. The van der Waals surface area contributed by atoms with E-state index in [4.69, 9.17) is 0 Å². The molecule has 0 fully saturated rings. The Hall–Kier alpha value is -3.22. The zero-order valence-electron chi connectivity index (χ0n) is 14.2. The molecule has 2 aromatic carbocycles. The summed E-state index contributed by atoms with van der Waals surface area (Å²) in [4.78, 5) is 22.4. The Balaban J connectivity index is 2.19. The van der Waals surface area contributed by atoms with Crippen LogP contribution in [0, 0.1) is 10.1 Å². The van der Waals surface area contributed by atoms with Gasteiger partial charge < -0.3 is 5.11 Å². The Morgan fingerprint density at radius 2 is 1.92 bits per heavy atom. The van der Waals surface area contributed by atoms with Crippen LogP contribution in [0.2, 0.25) is 0 Å². The lowest BCUT2D eigenvalue weighted by Gasteiger charge is -2.19. The summed E-state index contributed by atoms with van der Waals surface area (Å²) in [5, 5.41) is 24.7. The van der Waals surface area contributed by atoms with E-state index in [2.05, 4.69) is 10.5 Å². The van der Waals surface area contributed by atoms with Crippen molar-refractivity contribution in [2.24, 2.45) is 5.10 Å². The van der Waals surface area contributed by atoms with Crippen LogP contribution in [0.1, 0.15) is 42.3 Å². The van der Waals surface area contributed by atoms with Crippen LogP contribution in [0.15, 0.2) is 47.6 Å². The van der Waals surface area contributed by atoms with Crippen molar-refractivity contribution in [2.75, 3.05) is 0 Å². The topological polar surface area (TPSA) is 105 Å². The second-order valence-corrected chi connectivity index (χ2v) is 6.50. The predicted molar refractivity (Wildman–Crippen MR) is 95.0 cm³/mol. The number of carbonyl (C=O) groups excluding carboxylic acids is 1. The summed E-state index contributed by atoms with van der Waals surface area (Å²) in [6, 6.07) is 10.8. The van der Waals surface area contributed by atoms with E-state index in [1.807, 2.05) is 26.8 Å². The van der Waals surface area contributed by atoms with Crippen LogP contribution in [-0.4, -0.2) is 22.2 Å². The van der Waals surface area contributed by atoms with Gasteiger partial charge in [0.25, 0.3) is 11.6 Å². The highest BCUT2D eigenvalue weighted by Crippen LogP contribution is 2.26. The Labute approximate surface area is 145 Å². The van der Waals surface area contributed by atoms with Gasteiger partial charge in [-0.3, -0.25) is 14.9 Å². The fourth-order valence-electron chi connectivity index (χ4n) is 2.17. The summed E-state index contributed by atoms with van der Waals surface area (Å²) in [5.74, 6) is -0.674. The molecule has 0 heterocycles. The molecule has 0 bridgehead atoms. The summed E-state index contributed by atoms with van der Waals surface area (Å²) >= 11 is 0. The first-order valence-corrected chi connectivity index (χ1v) is 7.60. The van der Waals surface area contributed by atoms with E-state index in [-0.39, 0.29) is 22.4 Å². The number of rotatable bonds is 4. The van der Waals surface area contributed by atoms with Gasteiger partial charge in [-0.15, -0.1) is 0 Å². The number of hydrogen-bond donors (Lipinski definition) is 2.